The van der Waals surface area contributed by atoms with E-state index < -0.39 is 0 Å². The second-order valence-corrected chi connectivity index (χ2v) is 4.26. The minimum absolute atomic E-state index is 0.470. The largest absolute Gasteiger partial charge is 0.382 e. The summed E-state index contributed by atoms with van der Waals surface area (Å²) in [5.74, 6) is 0. The van der Waals surface area contributed by atoms with E-state index in [-0.39, 0.29) is 0 Å². The molecule has 0 bridgehead atoms. The van der Waals surface area contributed by atoms with Gasteiger partial charge in [0.1, 0.15) is 0 Å². The lowest BCUT2D eigenvalue weighted by molar-refractivity contribution is -0.0147. The Morgan fingerprint density at radius 2 is 1.93 bits per heavy atom. The smallest absolute Gasteiger partial charge is 0.0704 e. The molecule has 0 spiro atoms. The Balaban J connectivity index is 2.02. The summed E-state index contributed by atoms with van der Waals surface area (Å²) >= 11 is 0. The average Bonchev–Trinajstić information content (AvgIpc) is 2.28. The Labute approximate surface area is 93.7 Å². The normalized spacial score (nSPS) is 19.6. The average molecular weight is 215 g/mol. The number of rotatable bonds is 7. The van der Waals surface area contributed by atoms with Crippen molar-refractivity contribution >= 4 is 0 Å². The Hall–Kier alpha value is -0.120. The molecular formula is C12H25NO2. The Kier molecular flexibility index (Phi) is 6.98. The monoisotopic (exact) mass is 215 g/mol. The standard InChI is InChI=1S/C12H25NO2/c1-3-4-7-13-8-5-12(6-9-13)15-11-10-14-2/h12H,3-11H2,1-2H3. The van der Waals surface area contributed by atoms with Crippen LogP contribution < -0.4 is 0 Å². The summed E-state index contributed by atoms with van der Waals surface area (Å²) in [4.78, 5) is 2.56. The van der Waals surface area contributed by atoms with Gasteiger partial charge in [0.05, 0.1) is 19.3 Å². The maximum absolute atomic E-state index is 5.72. The van der Waals surface area contributed by atoms with Crippen LogP contribution in [-0.2, 0) is 9.47 Å². The Morgan fingerprint density at radius 1 is 1.20 bits per heavy atom. The van der Waals surface area contributed by atoms with Crippen LogP contribution in [0, 0.1) is 0 Å². The molecule has 0 atom stereocenters. The molecule has 3 nitrogen and oxygen atoms in total. The zero-order chi connectivity index (χ0) is 10.9. The van der Waals surface area contributed by atoms with Crippen LogP contribution in [0.1, 0.15) is 32.6 Å². The van der Waals surface area contributed by atoms with Crippen LogP contribution in [0.15, 0.2) is 0 Å². The lowest BCUT2D eigenvalue weighted by Crippen LogP contribution is -2.37. The molecule has 1 aliphatic heterocycles. The molecule has 0 aliphatic carbocycles. The molecule has 1 fully saturated rings. The van der Waals surface area contributed by atoms with Crippen molar-refractivity contribution in [3.05, 3.63) is 0 Å². The summed E-state index contributed by atoms with van der Waals surface area (Å²) in [5, 5.41) is 0. The molecule has 1 saturated heterocycles. The molecule has 1 rings (SSSR count). The number of nitrogens with zero attached hydrogens (tertiary/aromatic N) is 1. The van der Waals surface area contributed by atoms with E-state index in [1.165, 1.54) is 45.3 Å². The van der Waals surface area contributed by atoms with E-state index in [0.717, 1.165) is 13.2 Å². The predicted molar refractivity (Wildman–Crippen MR) is 62.2 cm³/mol. The van der Waals surface area contributed by atoms with Crippen LogP contribution in [0.4, 0.5) is 0 Å². The van der Waals surface area contributed by atoms with Crippen LogP contribution >= 0.6 is 0 Å². The van der Waals surface area contributed by atoms with Gasteiger partial charge in [-0.3, -0.25) is 0 Å². The summed E-state index contributed by atoms with van der Waals surface area (Å²) in [7, 11) is 1.72. The molecule has 0 radical (unpaired) electrons. The maximum Gasteiger partial charge on any atom is 0.0704 e. The van der Waals surface area contributed by atoms with Gasteiger partial charge in [-0.15, -0.1) is 0 Å². The fourth-order valence-electron chi connectivity index (χ4n) is 1.98. The number of ether oxygens (including phenoxy) is 2. The van der Waals surface area contributed by atoms with E-state index in [1.807, 2.05) is 0 Å². The molecule has 1 aliphatic rings. The van der Waals surface area contributed by atoms with Gasteiger partial charge in [0.2, 0.25) is 0 Å². The van der Waals surface area contributed by atoms with Gasteiger partial charge in [-0.05, 0) is 25.8 Å². The van der Waals surface area contributed by atoms with Gasteiger partial charge in [-0.2, -0.15) is 0 Å². The molecule has 0 unspecified atom stereocenters. The van der Waals surface area contributed by atoms with Crippen molar-refractivity contribution in [1.82, 2.24) is 4.90 Å². The first-order valence-electron chi connectivity index (χ1n) is 6.19. The summed E-state index contributed by atoms with van der Waals surface area (Å²) in [6.45, 7) is 7.39. The molecule has 15 heavy (non-hydrogen) atoms. The topological polar surface area (TPSA) is 21.7 Å². The SMILES string of the molecule is CCCCN1CCC(OCCOC)CC1. The van der Waals surface area contributed by atoms with Crippen molar-refractivity contribution in [3.63, 3.8) is 0 Å². The van der Waals surface area contributed by atoms with E-state index in [0.29, 0.717) is 6.10 Å². The summed E-state index contributed by atoms with van der Waals surface area (Å²) in [6, 6.07) is 0. The van der Waals surface area contributed by atoms with Gasteiger partial charge in [0.15, 0.2) is 0 Å². The van der Waals surface area contributed by atoms with Gasteiger partial charge < -0.3 is 14.4 Å². The summed E-state index contributed by atoms with van der Waals surface area (Å²) in [6.07, 6.45) is 5.47. The number of methoxy groups -OCH3 is 1. The van der Waals surface area contributed by atoms with Gasteiger partial charge in [-0.25, -0.2) is 0 Å². The van der Waals surface area contributed by atoms with E-state index in [1.54, 1.807) is 7.11 Å². The van der Waals surface area contributed by atoms with Crippen molar-refractivity contribution in [1.29, 1.82) is 0 Å². The van der Waals surface area contributed by atoms with Crippen LogP contribution in [0.3, 0.4) is 0 Å². The van der Waals surface area contributed by atoms with Crippen molar-refractivity contribution in [3.8, 4) is 0 Å². The minimum atomic E-state index is 0.470. The van der Waals surface area contributed by atoms with Crippen molar-refractivity contribution < 1.29 is 9.47 Å². The second-order valence-electron chi connectivity index (χ2n) is 4.26. The van der Waals surface area contributed by atoms with E-state index >= 15 is 0 Å². The fourth-order valence-corrected chi connectivity index (χ4v) is 1.98. The molecule has 0 N–H and O–H groups in total. The first kappa shape index (κ1) is 12.9. The van der Waals surface area contributed by atoms with Crippen molar-refractivity contribution in [2.24, 2.45) is 0 Å². The molecule has 90 valence electrons. The zero-order valence-electron chi connectivity index (χ0n) is 10.2. The van der Waals surface area contributed by atoms with E-state index in [9.17, 15) is 0 Å². The zero-order valence-corrected chi connectivity index (χ0v) is 10.2. The molecule has 0 aromatic heterocycles. The lowest BCUT2D eigenvalue weighted by Gasteiger charge is -2.31. The molecule has 0 amide bonds. The van der Waals surface area contributed by atoms with Crippen LogP contribution in [-0.4, -0.2) is 51.0 Å². The third-order valence-electron chi connectivity index (χ3n) is 3.00. The minimum Gasteiger partial charge on any atom is -0.382 e. The number of unbranched alkanes of at least 4 members (excludes halogenated alkanes) is 1. The summed E-state index contributed by atoms with van der Waals surface area (Å²) in [5.41, 5.74) is 0. The van der Waals surface area contributed by atoms with E-state index in [4.69, 9.17) is 9.47 Å². The van der Waals surface area contributed by atoms with Gasteiger partial charge in [0.25, 0.3) is 0 Å². The molecule has 0 aromatic carbocycles. The fraction of sp³-hybridized carbons (Fsp3) is 1.00. The number of likely N-dealkylation sites (tertiary alicyclic amines) is 1. The molecule has 0 saturated carbocycles. The van der Waals surface area contributed by atoms with Crippen LogP contribution in [0.25, 0.3) is 0 Å². The summed E-state index contributed by atoms with van der Waals surface area (Å²) < 4.78 is 10.7. The van der Waals surface area contributed by atoms with Crippen LogP contribution in [0.2, 0.25) is 0 Å². The molecular weight excluding hydrogens is 190 g/mol. The van der Waals surface area contributed by atoms with Crippen molar-refractivity contribution in [2.45, 2.75) is 38.7 Å². The molecule has 0 aromatic rings. The number of hydrogen-bond donors (Lipinski definition) is 0. The predicted octanol–water partition coefficient (Wildman–Crippen LogP) is 1.91. The Morgan fingerprint density at radius 3 is 2.53 bits per heavy atom. The van der Waals surface area contributed by atoms with E-state index in [2.05, 4.69) is 11.8 Å². The first-order valence-corrected chi connectivity index (χ1v) is 6.19. The van der Waals surface area contributed by atoms with Crippen LogP contribution in [0.5, 0.6) is 0 Å². The number of piperidine rings is 1. The maximum atomic E-state index is 5.72. The Bertz CT molecular complexity index is 145. The van der Waals surface area contributed by atoms with Crippen molar-refractivity contribution in [2.75, 3.05) is 40.0 Å². The molecule has 1 heterocycles. The third kappa shape index (κ3) is 5.50. The van der Waals surface area contributed by atoms with Gasteiger partial charge in [0, 0.05) is 20.2 Å². The second kappa shape index (κ2) is 8.08. The lowest BCUT2D eigenvalue weighted by atomic mass is 10.1. The third-order valence-corrected chi connectivity index (χ3v) is 3.00. The highest BCUT2D eigenvalue weighted by atomic mass is 16.5. The number of hydrogen-bond acceptors (Lipinski definition) is 3. The highest BCUT2D eigenvalue weighted by Gasteiger charge is 2.18. The molecule has 3 heteroatoms. The highest BCUT2D eigenvalue weighted by molar-refractivity contribution is 4.72. The quantitative estimate of drug-likeness (QED) is 0.606. The van der Waals surface area contributed by atoms with Gasteiger partial charge >= 0.3 is 0 Å². The first-order chi connectivity index (χ1) is 7.36. The highest BCUT2D eigenvalue weighted by Crippen LogP contribution is 2.13. The van der Waals surface area contributed by atoms with Gasteiger partial charge in [-0.1, -0.05) is 13.3 Å².